The number of carbonyl (C=O) groups excluding carboxylic acids is 2. The Morgan fingerprint density at radius 2 is 2.13 bits per heavy atom. The predicted molar refractivity (Wildman–Crippen MR) is 84.6 cm³/mol. The van der Waals surface area contributed by atoms with Crippen molar-refractivity contribution >= 4 is 11.9 Å². The number of nitrogens with zero attached hydrogens (tertiary/aromatic N) is 1. The second-order valence-corrected chi connectivity index (χ2v) is 5.58. The van der Waals surface area contributed by atoms with Crippen molar-refractivity contribution in [2.24, 2.45) is 0 Å². The number of carbonyl (C=O) groups is 2. The van der Waals surface area contributed by atoms with E-state index in [-0.39, 0.29) is 35.6 Å². The number of hydrogen-bond donors (Lipinski definition) is 1. The van der Waals surface area contributed by atoms with E-state index in [1.165, 1.54) is 19.2 Å². The van der Waals surface area contributed by atoms with E-state index in [2.05, 4.69) is 6.92 Å². The van der Waals surface area contributed by atoms with Crippen LogP contribution in [-0.4, -0.2) is 48.2 Å². The quantitative estimate of drug-likeness (QED) is 0.843. The predicted octanol–water partition coefficient (Wildman–Crippen LogP) is 2.35. The van der Waals surface area contributed by atoms with E-state index < -0.39 is 5.97 Å². The van der Waals surface area contributed by atoms with Crippen LogP contribution in [0.15, 0.2) is 18.2 Å². The average molecular weight is 321 g/mol. The largest absolute Gasteiger partial charge is 0.504 e. The van der Waals surface area contributed by atoms with Gasteiger partial charge in [0.25, 0.3) is 5.91 Å². The lowest BCUT2D eigenvalue weighted by molar-refractivity contribution is -0.138. The lowest BCUT2D eigenvalue weighted by Gasteiger charge is -2.35. The lowest BCUT2D eigenvalue weighted by Crippen LogP contribution is -2.45. The van der Waals surface area contributed by atoms with Crippen LogP contribution >= 0.6 is 0 Å². The zero-order valence-electron chi connectivity index (χ0n) is 13.6. The third kappa shape index (κ3) is 3.94. The molecule has 0 aromatic heterocycles. The molecule has 0 spiro atoms. The molecule has 0 saturated carbocycles. The summed E-state index contributed by atoms with van der Waals surface area (Å²) < 4.78 is 10.0. The van der Waals surface area contributed by atoms with Gasteiger partial charge in [-0.05, 0) is 37.8 Å². The molecule has 1 amide bonds. The Balaban J connectivity index is 1.97. The Morgan fingerprint density at radius 3 is 2.83 bits per heavy atom. The maximum absolute atomic E-state index is 12.3. The van der Waals surface area contributed by atoms with Gasteiger partial charge in [-0.1, -0.05) is 13.0 Å². The van der Waals surface area contributed by atoms with E-state index in [9.17, 15) is 14.7 Å². The number of benzene rings is 1. The molecule has 1 aliphatic heterocycles. The summed E-state index contributed by atoms with van der Waals surface area (Å²) >= 11 is 0. The van der Waals surface area contributed by atoms with Gasteiger partial charge in [0.05, 0.1) is 7.11 Å². The summed E-state index contributed by atoms with van der Waals surface area (Å²) in [7, 11) is 1.40. The summed E-state index contributed by atoms with van der Waals surface area (Å²) in [5.41, 5.74) is -0.0113. The molecular formula is C17H23NO5. The number of aromatic hydroxyl groups is 1. The van der Waals surface area contributed by atoms with Crippen LogP contribution in [0.1, 0.15) is 43.0 Å². The van der Waals surface area contributed by atoms with Crippen molar-refractivity contribution in [3.05, 3.63) is 23.8 Å². The summed E-state index contributed by atoms with van der Waals surface area (Å²) in [4.78, 5) is 26.1. The summed E-state index contributed by atoms with van der Waals surface area (Å²) in [6.45, 7) is 2.45. The molecule has 1 saturated heterocycles. The highest BCUT2D eigenvalue weighted by Crippen LogP contribution is 2.29. The molecule has 1 fully saturated rings. The Morgan fingerprint density at radius 1 is 1.35 bits per heavy atom. The Kier molecular flexibility index (Phi) is 5.84. The molecule has 1 heterocycles. The monoisotopic (exact) mass is 321 g/mol. The van der Waals surface area contributed by atoms with E-state index in [1.54, 1.807) is 11.0 Å². The van der Waals surface area contributed by atoms with Gasteiger partial charge in [0, 0.05) is 12.6 Å². The van der Waals surface area contributed by atoms with Crippen LogP contribution in [0.3, 0.4) is 0 Å². The molecule has 0 bridgehead atoms. The Bertz CT molecular complexity index is 572. The Hall–Kier alpha value is -2.24. The molecule has 1 aromatic carbocycles. The second-order valence-electron chi connectivity index (χ2n) is 5.58. The smallest absolute Gasteiger partial charge is 0.342 e. The minimum Gasteiger partial charge on any atom is -0.504 e. The number of rotatable bonds is 5. The SMILES string of the molecule is CCC1CCCCN1C(=O)COC(=O)c1cccc(OC)c1O. The van der Waals surface area contributed by atoms with Crippen molar-refractivity contribution in [3.63, 3.8) is 0 Å². The fourth-order valence-corrected chi connectivity index (χ4v) is 2.89. The first-order chi connectivity index (χ1) is 11.1. The number of esters is 1. The fourth-order valence-electron chi connectivity index (χ4n) is 2.89. The van der Waals surface area contributed by atoms with Crippen LogP contribution in [0.4, 0.5) is 0 Å². The number of piperidine rings is 1. The second kappa shape index (κ2) is 7.85. The molecular weight excluding hydrogens is 298 g/mol. The number of phenols is 1. The standard InChI is InChI=1S/C17H23NO5/c1-3-12-7-4-5-10-18(12)15(19)11-23-17(21)13-8-6-9-14(22-2)16(13)20/h6,8-9,12,20H,3-5,7,10-11H2,1-2H3. The van der Waals surface area contributed by atoms with Gasteiger partial charge in [-0.3, -0.25) is 4.79 Å². The number of ether oxygens (including phenoxy) is 2. The van der Waals surface area contributed by atoms with Gasteiger partial charge in [-0.15, -0.1) is 0 Å². The topological polar surface area (TPSA) is 76.1 Å². The number of amides is 1. The molecule has 23 heavy (non-hydrogen) atoms. The van der Waals surface area contributed by atoms with Crippen LogP contribution in [-0.2, 0) is 9.53 Å². The fraction of sp³-hybridized carbons (Fsp3) is 0.529. The van der Waals surface area contributed by atoms with Crippen LogP contribution in [0.5, 0.6) is 11.5 Å². The molecule has 0 aliphatic carbocycles. The van der Waals surface area contributed by atoms with Gasteiger partial charge >= 0.3 is 5.97 Å². The van der Waals surface area contributed by atoms with E-state index in [1.807, 2.05) is 0 Å². The number of methoxy groups -OCH3 is 1. The van der Waals surface area contributed by atoms with Crippen LogP contribution in [0, 0.1) is 0 Å². The molecule has 0 radical (unpaired) electrons. The number of likely N-dealkylation sites (tertiary alicyclic amines) is 1. The molecule has 2 rings (SSSR count). The molecule has 126 valence electrons. The van der Waals surface area contributed by atoms with Gasteiger partial charge in [0.1, 0.15) is 5.56 Å². The van der Waals surface area contributed by atoms with Crippen molar-refractivity contribution < 1.29 is 24.2 Å². The average Bonchev–Trinajstić information content (AvgIpc) is 2.59. The minimum absolute atomic E-state index is 0.0113. The van der Waals surface area contributed by atoms with Gasteiger partial charge < -0.3 is 19.5 Å². The third-order valence-electron chi connectivity index (χ3n) is 4.18. The van der Waals surface area contributed by atoms with Crippen molar-refractivity contribution in [1.82, 2.24) is 4.90 Å². The summed E-state index contributed by atoms with van der Waals surface area (Å²) in [5.74, 6) is -1.02. The van der Waals surface area contributed by atoms with E-state index in [0.29, 0.717) is 6.54 Å². The van der Waals surface area contributed by atoms with Gasteiger partial charge in [0.15, 0.2) is 18.1 Å². The Labute approximate surface area is 136 Å². The normalized spacial score (nSPS) is 17.7. The van der Waals surface area contributed by atoms with E-state index in [0.717, 1.165) is 25.7 Å². The maximum Gasteiger partial charge on any atom is 0.342 e. The number of phenolic OH excluding ortho intramolecular Hbond substituents is 1. The van der Waals surface area contributed by atoms with Crippen LogP contribution in [0.25, 0.3) is 0 Å². The number of hydrogen-bond acceptors (Lipinski definition) is 5. The zero-order valence-corrected chi connectivity index (χ0v) is 13.6. The van der Waals surface area contributed by atoms with Crippen LogP contribution < -0.4 is 4.74 Å². The molecule has 6 heteroatoms. The highest BCUT2D eigenvalue weighted by atomic mass is 16.5. The molecule has 1 unspecified atom stereocenters. The summed E-state index contributed by atoms with van der Waals surface area (Å²) in [6, 6.07) is 4.77. The van der Waals surface area contributed by atoms with Crippen molar-refractivity contribution in [2.45, 2.75) is 38.6 Å². The van der Waals surface area contributed by atoms with E-state index in [4.69, 9.17) is 9.47 Å². The molecule has 1 aliphatic rings. The first-order valence-electron chi connectivity index (χ1n) is 7.91. The first-order valence-corrected chi connectivity index (χ1v) is 7.91. The zero-order chi connectivity index (χ0) is 16.8. The van der Waals surface area contributed by atoms with Gasteiger partial charge in [0.2, 0.25) is 0 Å². The highest BCUT2D eigenvalue weighted by Gasteiger charge is 2.26. The maximum atomic E-state index is 12.3. The molecule has 1 atom stereocenters. The van der Waals surface area contributed by atoms with Crippen LogP contribution in [0.2, 0.25) is 0 Å². The molecule has 1 aromatic rings. The summed E-state index contributed by atoms with van der Waals surface area (Å²) in [6.07, 6.45) is 4.00. The molecule has 1 N–H and O–H groups in total. The first kappa shape index (κ1) is 17.1. The van der Waals surface area contributed by atoms with Gasteiger partial charge in [-0.2, -0.15) is 0 Å². The van der Waals surface area contributed by atoms with Crippen molar-refractivity contribution in [3.8, 4) is 11.5 Å². The van der Waals surface area contributed by atoms with Gasteiger partial charge in [-0.25, -0.2) is 4.79 Å². The minimum atomic E-state index is -0.736. The lowest BCUT2D eigenvalue weighted by atomic mass is 10.00. The highest BCUT2D eigenvalue weighted by molar-refractivity contribution is 5.94. The van der Waals surface area contributed by atoms with E-state index >= 15 is 0 Å². The third-order valence-corrected chi connectivity index (χ3v) is 4.18. The number of para-hydroxylation sites is 1. The summed E-state index contributed by atoms with van der Waals surface area (Å²) in [5, 5.41) is 9.93. The molecule has 6 nitrogen and oxygen atoms in total. The van der Waals surface area contributed by atoms with Crippen molar-refractivity contribution in [2.75, 3.05) is 20.3 Å². The van der Waals surface area contributed by atoms with Crippen molar-refractivity contribution in [1.29, 1.82) is 0 Å².